The minimum atomic E-state index is -0.562. The van der Waals surface area contributed by atoms with Gasteiger partial charge in [0.05, 0.1) is 28.5 Å². The van der Waals surface area contributed by atoms with E-state index in [0.29, 0.717) is 16.8 Å². The van der Waals surface area contributed by atoms with E-state index in [4.69, 9.17) is 4.74 Å². The summed E-state index contributed by atoms with van der Waals surface area (Å²) in [7, 11) is 0. The van der Waals surface area contributed by atoms with Crippen LogP contribution in [0.1, 0.15) is 55.1 Å². The first-order chi connectivity index (χ1) is 13.1. The van der Waals surface area contributed by atoms with Crippen molar-refractivity contribution in [2.24, 2.45) is 0 Å². The van der Waals surface area contributed by atoms with E-state index in [1.165, 1.54) is 17.0 Å². The molecule has 3 rings (SSSR count). The van der Waals surface area contributed by atoms with Crippen LogP contribution < -0.4 is 4.90 Å². The van der Waals surface area contributed by atoms with Gasteiger partial charge >= 0.3 is 5.97 Å². The second kappa shape index (κ2) is 7.07. The van der Waals surface area contributed by atoms with Crippen LogP contribution in [0, 0.1) is 10.1 Å². The maximum Gasteiger partial charge on any atom is 0.313 e. The van der Waals surface area contributed by atoms with Gasteiger partial charge in [-0.2, -0.15) is 0 Å². The Bertz CT molecular complexity index is 944. The normalized spacial score (nSPS) is 14.6. The Morgan fingerprint density at radius 3 is 2.39 bits per heavy atom. The van der Waals surface area contributed by atoms with Gasteiger partial charge in [-0.1, -0.05) is 18.2 Å². The smallest absolute Gasteiger partial charge is 0.313 e. The lowest BCUT2D eigenvalue weighted by atomic mass is 10.0. The molecule has 1 amide bonds. The lowest BCUT2D eigenvalue weighted by Gasteiger charge is -2.23. The average Bonchev–Trinajstić information content (AvgIpc) is 2.96. The van der Waals surface area contributed by atoms with Gasteiger partial charge in [0.2, 0.25) is 0 Å². The number of carbonyl (C=O) groups excluding carboxylic acids is 2. The summed E-state index contributed by atoms with van der Waals surface area (Å²) in [4.78, 5) is 37.2. The molecule has 1 unspecified atom stereocenters. The van der Waals surface area contributed by atoms with Crippen LogP contribution in [0.2, 0.25) is 0 Å². The molecule has 1 heterocycles. The Balaban J connectivity index is 1.81. The Kier molecular flexibility index (Phi) is 4.93. The Hall–Kier alpha value is -3.22. The molecule has 0 radical (unpaired) electrons. The topological polar surface area (TPSA) is 89.8 Å². The van der Waals surface area contributed by atoms with Crippen LogP contribution >= 0.6 is 0 Å². The van der Waals surface area contributed by atoms with Crippen molar-refractivity contribution in [3.05, 3.63) is 69.3 Å². The van der Waals surface area contributed by atoms with Gasteiger partial charge in [-0.15, -0.1) is 0 Å². The summed E-state index contributed by atoms with van der Waals surface area (Å²) in [6.07, 6.45) is 0. The fourth-order valence-electron chi connectivity index (χ4n) is 3.17. The van der Waals surface area contributed by atoms with Gasteiger partial charge < -0.3 is 9.64 Å². The summed E-state index contributed by atoms with van der Waals surface area (Å²) in [6.45, 7) is 7.36. The third-order valence-electron chi connectivity index (χ3n) is 4.60. The third-order valence-corrected chi connectivity index (χ3v) is 4.60. The predicted molar refractivity (Wildman–Crippen MR) is 104 cm³/mol. The lowest BCUT2D eigenvalue weighted by molar-refractivity contribution is -0.385. The number of esters is 1. The molecule has 0 saturated heterocycles. The fraction of sp³-hybridized carbons (Fsp3) is 0.333. The van der Waals surface area contributed by atoms with E-state index in [1.54, 1.807) is 37.3 Å². The number of anilines is 1. The Morgan fingerprint density at radius 2 is 1.82 bits per heavy atom. The van der Waals surface area contributed by atoms with Crippen LogP contribution in [0.5, 0.6) is 0 Å². The molecular weight excluding hydrogens is 360 g/mol. The van der Waals surface area contributed by atoms with Gasteiger partial charge in [-0.3, -0.25) is 19.7 Å². The Morgan fingerprint density at radius 1 is 1.18 bits per heavy atom. The number of carbonyl (C=O) groups is 2. The number of benzene rings is 2. The molecule has 0 aliphatic carbocycles. The summed E-state index contributed by atoms with van der Waals surface area (Å²) < 4.78 is 5.41. The van der Waals surface area contributed by atoms with E-state index in [9.17, 15) is 19.7 Å². The second-order valence-electron chi connectivity index (χ2n) is 7.80. The molecule has 1 aliphatic rings. The molecule has 0 N–H and O–H groups in total. The van der Waals surface area contributed by atoms with E-state index >= 15 is 0 Å². The first kappa shape index (κ1) is 19.5. The average molecular weight is 382 g/mol. The molecule has 1 aliphatic heterocycles. The third kappa shape index (κ3) is 3.74. The maximum absolute atomic E-state index is 12.7. The summed E-state index contributed by atoms with van der Waals surface area (Å²) in [5.41, 5.74) is 1.55. The van der Waals surface area contributed by atoms with Gasteiger partial charge in [0.1, 0.15) is 5.60 Å². The zero-order chi connectivity index (χ0) is 20.6. The number of hydrogen-bond donors (Lipinski definition) is 0. The molecule has 28 heavy (non-hydrogen) atoms. The van der Waals surface area contributed by atoms with Crippen LogP contribution in [0.3, 0.4) is 0 Å². The van der Waals surface area contributed by atoms with Gasteiger partial charge in [0.15, 0.2) is 0 Å². The summed E-state index contributed by atoms with van der Waals surface area (Å²) in [5.74, 6) is -1.03. The molecule has 0 spiro atoms. The predicted octanol–water partition coefficient (Wildman–Crippen LogP) is 4.20. The summed E-state index contributed by atoms with van der Waals surface area (Å²) >= 11 is 0. The van der Waals surface area contributed by atoms with Crippen LogP contribution in [-0.4, -0.2) is 22.4 Å². The van der Waals surface area contributed by atoms with Crippen molar-refractivity contribution in [1.82, 2.24) is 0 Å². The number of nitro groups is 1. The number of ether oxygens (including phenoxy) is 1. The standard InChI is InChI=1S/C21H22N2O5/c1-13(20(25)28-21(2,3)4)14-8-10-15(11-9-14)22-12-17-16(19(22)24)6-5-7-18(17)23(26)27/h5-11,13H,12H2,1-4H3. The first-order valence-electron chi connectivity index (χ1n) is 8.99. The van der Waals surface area contributed by atoms with E-state index in [0.717, 1.165) is 5.56 Å². The van der Waals surface area contributed by atoms with Crippen molar-refractivity contribution in [3.63, 3.8) is 0 Å². The highest BCUT2D eigenvalue weighted by molar-refractivity contribution is 6.10. The molecule has 0 saturated carbocycles. The van der Waals surface area contributed by atoms with Crippen LogP contribution in [0.25, 0.3) is 0 Å². The van der Waals surface area contributed by atoms with Crippen molar-refractivity contribution in [3.8, 4) is 0 Å². The number of amides is 1. The van der Waals surface area contributed by atoms with Gasteiger partial charge in [-0.05, 0) is 51.5 Å². The van der Waals surface area contributed by atoms with Crippen molar-refractivity contribution < 1.29 is 19.2 Å². The molecule has 0 fully saturated rings. The molecular formula is C21H22N2O5. The molecule has 0 aromatic heterocycles. The molecule has 7 nitrogen and oxygen atoms in total. The van der Waals surface area contributed by atoms with Crippen LogP contribution in [-0.2, 0) is 16.1 Å². The number of nitrogens with zero attached hydrogens (tertiary/aromatic N) is 2. The van der Waals surface area contributed by atoms with E-state index < -0.39 is 16.4 Å². The largest absolute Gasteiger partial charge is 0.460 e. The number of nitro benzene ring substituents is 1. The zero-order valence-corrected chi connectivity index (χ0v) is 16.3. The molecule has 2 aromatic rings. The second-order valence-corrected chi connectivity index (χ2v) is 7.80. The summed E-state index contributed by atoms with van der Waals surface area (Å²) in [6, 6.07) is 11.6. The number of fused-ring (bicyclic) bond motifs is 1. The van der Waals surface area contributed by atoms with E-state index in [2.05, 4.69) is 0 Å². The van der Waals surface area contributed by atoms with E-state index in [1.807, 2.05) is 20.8 Å². The first-order valence-corrected chi connectivity index (χ1v) is 8.99. The van der Waals surface area contributed by atoms with Crippen molar-refractivity contribution in [2.45, 2.75) is 45.8 Å². The van der Waals surface area contributed by atoms with Crippen LogP contribution in [0.15, 0.2) is 42.5 Å². The number of hydrogen-bond acceptors (Lipinski definition) is 5. The highest BCUT2D eigenvalue weighted by atomic mass is 16.6. The summed E-state index contributed by atoms with van der Waals surface area (Å²) in [5, 5.41) is 11.2. The van der Waals surface area contributed by atoms with Crippen molar-refractivity contribution in [2.75, 3.05) is 4.90 Å². The van der Waals surface area contributed by atoms with Gasteiger partial charge in [-0.25, -0.2) is 0 Å². The van der Waals surface area contributed by atoms with Gasteiger partial charge in [0, 0.05) is 11.8 Å². The molecule has 1 atom stereocenters. The quantitative estimate of drug-likeness (QED) is 0.449. The SMILES string of the molecule is CC(C(=O)OC(C)(C)C)c1ccc(N2Cc3c(cccc3[N+](=O)[O-])C2=O)cc1. The van der Waals surface area contributed by atoms with Crippen LogP contribution in [0.4, 0.5) is 11.4 Å². The Labute approximate surface area is 163 Å². The lowest BCUT2D eigenvalue weighted by Crippen LogP contribution is -2.27. The molecule has 146 valence electrons. The monoisotopic (exact) mass is 382 g/mol. The maximum atomic E-state index is 12.7. The van der Waals surface area contributed by atoms with Gasteiger partial charge in [0.25, 0.3) is 11.6 Å². The zero-order valence-electron chi connectivity index (χ0n) is 16.3. The minimum Gasteiger partial charge on any atom is -0.460 e. The molecule has 0 bridgehead atoms. The fourth-order valence-corrected chi connectivity index (χ4v) is 3.17. The van der Waals surface area contributed by atoms with Crippen molar-refractivity contribution >= 4 is 23.3 Å². The molecule has 2 aromatic carbocycles. The molecule has 7 heteroatoms. The van der Waals surface area contributed by atoms with E-state index in [-0.39, 0.29) is 24.1 Å². The van der Waals surface area contributed by atoms with Crippen molar-refractivity contribution in [1.29, 1.82) is 0 Å². The highest BCUT2D eigenvalue weighted by Crippen LogP contribution is 2.34. The highest BCUT2D eigenvalue weighted by Gasteiger charge is 2.34. The number of rotatable bonds is 4. The minimum absolute atomic E-state index is 0.0523.